The zero-order valence-electron chi connectivity index (χ0n) is 19.7. The number of amides is 2. The largest absolute Gasteiger partial charge is 0.459 e. The molecule has 2 amide bonds. The van der Waals surface area contributed by atoms with E-state index in [-0.39, 0.29) is 29.0 Å². The van der Waals surface area contributed by atoms with Crippen LogP contribution in [0.2, 0.25) is 0 Å². The molecule has 35 heavy (non-hydrogen) atoms. The maximum absolute atomic E-state index is 13.0. The highest BCUT2D eigenvalue weighted by atomic mass is 32.2. The van der Waals surface area contributed by atoms with Gasteiger partial charge >= 0.3 is 0 Å². The Morgan fingerprint density at radius 2 is 1.69 bits per heavy atom. The molecule has 3 aromatic rings. The van der Waals surface area contributed by atoms with Gasteiger partial charge in [-0.25, -0.2) is 8.42 Å². The first-order chi connectivity index (χ1) is 16.7. The molecule has 1 aromatic heterocycles. The highest BCUT2D eigenvalue weighted by Crippen LogP contribution is 2.26. The van der Waals surface area contributed by atoms with E-state index in [2.05, 4.69) is 24.5 Å². The molecule has 0 spiro atoms. The van der Waals surface area contributed by atoms with Crippen LogP contribution in [-0.2, 0) is 16.6 Å². The molecule has 1 aliphatic heterocycles. The van der Waals surface area contributed by atoms with Crippen molar-refractivity contribution in [3.05, 3.63) is 83.8 Å². The Labute approximate surface area is 205 Å². The monoisotopic (exact) mass is 495 g/mol. The summed E-state index contributed by atoms with van der Waals surface area (Å²) in [5.74, 6) is 0.156. The number of anilines is 1. The number of piperidine rings is 1. The molecular weight excluding hydrogens is 466 g/mol. The minimum Gasteiger partial charge on any atom is -0.459 e. The van der Waals surface area contributed by atoms with Crippen LogP contribution in [-0.4, -0.2) is 37.6 Å². The lowest BCUT2D eigenvalue weighted by Gasteiger charge is -2.34. The van der Waals surface area contributed by atoms with Gasteiger partial charge in [-0.1, -0.05) is 26.0 Å². The third kappa shape index (κ3) is 5.98. The van der Waals surface area contributed by atoms with Crippen LogP contribution in [0, 0.1) is 11.8 Å². The summed E-state index contributed by atoms with van der Waals surface area (Å²) in [6.07, 6.45) is 2.45. The van der Waals surface area contributed by atoms with Crippen LogP contribution >= 0.6 is 0 Å². The summed E-state index contributed by atoms with van der Waals surface area (Å²) in [4.78, 5) is 25.0. The van der Waals surface area contributed by atoms with Gasteiger partial charge in [0.15, 0.2) is 5.76 Å². The van der Waals surface area contributed by atoms with Gasteiger partial charge in [-0.05, 0) is 72.4 Å². The van der Waals surface area contributed by atoms with Gasteiger partial charge in [0.05, 0.1) is 11.2 Å². The molecule has 0 radical (unpaired) electrons. The fraction of sp³-hybridized carbons (Fsp3) is 0.308. The predicted molar refractivity (Wildman–Crippen MR) is 132 cm³/mol. The topological polar surface area (TPSA) is 109 Å². The molecule has 2 unspecified atom stereocenters. The van der Waals surface area contributed by atoms with Crippen LogP contribution in [0.15, 0.2) is 76.2 Å². The van der Waals surface area contributed by atoms with E-state index in [0.717, 1.165) is 12.0 Å². The van der Waals surface area contributed by atoms with E-state index in [0.29, 0.717) is 36.2 Å². The summed E-state index contributed by atoms with van der Waals surface area (Å²) in [6, 6.07) is 16.4. The Morgan fingerprint density at radius 1 is 0.971 bits per heavy atom. The van der Waals surface area contributed by atoms with Crippen LogP contribution in [0.25, 0.3) is 0 Å². The van der Waals surface area contributed by atoms with Crippen molar-refractivity contribution in [3.63, 3.8) is 0 Å². The van der Waals surface area contributed by atoms with Crippen molar-refractivity contribution in [2.75, 3.05) is 18.4 Å². The minimum atomic E-state index is -3.60. The van der Waals surface area contributed by atoms with Crippen molar-refractivity contribution in [1.29, 1.82) is 0 Å². The standard InChI is InChI=1S/C26H29N3O5S/c1-18-13-19(2)17-29(16-18)35(32,33)23-10-8-21(9-11-23)25(30)27-15-20-5-3-6-22(14-20)28-26(31)24-7-4-12-34-24/h3-12,14,18-19H,13,15-17H2,1-2H3,(H,27,30)(H,28,31). The van der Waals surface area contributed by atoms with Crippen LogP contribution in [0.4, 0.5) is 5.69 Å². The average Bonchev–Trinajstić information content (AvgIpc) is 3.38. The first-order valence-corrected chi connectivity index (χ1v) is 13.0. The molecule has 2 atom stereocenters. The first kappa shape index (κ1) is 24.7. The van der Waals surface area contributed by atoms with Crippen LogP contribution < -0.4 is 10.6 Å². The molecule has 184 valence electrons. The highest BCUT2D eigenvalue weighted by Gasteiger charge is 2.31. The fourth-order valence-electron chi connectivity index (χ4n) is 4.37. The van der Waals surface area contributed by atoms with E-state index in [9.17, 15) is 18.0 Å². The molecule has 8 nitrogen and oxygen atoms in total. The second-order valence-electron chi connectivity index (χ2n) is 9.11. The number of carbonyl (C=O) groups excluding carboxylic acids is 2. The number of carbonyl (C=O) groups is 2. The van der Waals surface area contributed by atoms with Crippen molar-refractivity contribution in [2.24, 2.45) is 11.8 Å². The minimum absolute atomic E-state index is 0.190. The molecule has 0 aliphatic carbocycles. The quantitative estimate of drug-likeness (QED) is 0.512. The smallest absolute Gasteiger partial charge is 0.291 e. The second-order valence-corrected chi connectivity index (χ2v) is 11.0. The summed E-state index contributed by atoms with van der Waals surface area (Å²) in [5.41, 5.74) is 1.74. The van der Waals surface area contributed by atoms with Gasteiger partial charge in [0.2, 0.25) is 10.0 Å². The van der Waals surface area contributed by atoms with Crippen LogP contribution in [0.1, 0.15) is 46.7 Å². The van der Waals surface area contributed by atoms with E-state index >= 15 is 0 Å². The summed E-state index contributed by atoms with van der Waals surface area (Å²) in [7, 11) is -3.60. The van der Waals surface area contributed by atoms with Gasteiger partial charge in [-0.15, -0.1) is 0 Å². The van der Waals surface area contributed by atoms with Crippen molar-refractivity contribution in [1.82, 2.24) is 9.62 Å². The molecule has 2 aromatic carbocycles. The molecule has 2 N–H and O–H groups in total. The number of nitrogens with zero attached hydrogens (tertiary/aromatic N) is 1. The number of furan rings is 1. The number of sulfonamides is 1. The van der Waals surface area contributed by atoms with Gasteiger partial charge in [0.1, 0.15) is 0 Å². The molecule has 1 saturated heterocycles. The van der Waals surface area contributed by atoms with Crippen molar-refractivity contribution in [2.45, 2.75) is 31.7 Å². The molecule has 1 fully saturated rings. The van der Waals surface area contributed by atoms with Gasteiger partial charge in [-0.3, -0.25) is 9.59 Å². The van der Waals surface area contributed by atoms with Gasteiger partial charge in [-0.2, -0.15) is 4.31 Å². The van der Waals surface area contributed by atoms with Gasteiger partial charge < -0.3 is 15.1 Å². The van der Waals surface area contributed by atoms with E-state index in [1.54, 1.807) is 34.6 Å². The molecule has 0 saturated carbocycles. The number of hydrogen-bond donors (Lipinski definition) is 2. The lowest BCUT2D eigenvalue weighted by molar-refractivity contribution is 0.0949. The van der Waals surface area contributed by atoms with Gasteiger partial charge in [0, 0.05) is 30.9 Å². The maximum Gasteiger partial charge on any atom is 0.291 e. The van der Waals surface area contributed by atoms with Crippen molar-refractivity contribution >= 4 is 27.5 Å². The Bertz CT molecular complexity index is 1280. The average molecular weight is 496 g/mol. The third-order valence-corrected chi connectivity index (χ3v) is 7.82. The lowest BCUT2D eigenvalue weighted by Crippen LogP contribution is -2.42. The third-order valence-electron chi connectivity index (χ3n) is 5.97. The summed E-state index contributed by atoms with van der Waals surface area (Å²) >= 11 is 0. The summed E-state index contributed by atoms with van der Waals surface area (Å²) in [6.45, 7) is 5.39. The fourth-order valence-corrected chi connectivity index (χ4v) is 6.05. The first-order valence-electron chi connectivity index (χ1n) is 11.5. The summed E-state index contributed by atoms with van der Waals surface area (Å²) in [5, 5.41) is 5.58. The van der Waals surface area contributed by atoms with Gasteiger partial charge in [0.25, 0.3) is 11.8 Å². The second kappa shape index (κ2) is 10.5. The Kier molecular flexibility index (Phi) is 7.37. The molecule has 1 aliphatic rings. The lowest BCUT2D eigenvalue weighted by atomic mass is 9.94. The number of rotatable bonds is 7. The molecular formula is C26H29N3O5S. The van der Waals surface area contributed by atoms with E-state index in [4.69, 9.17) is 4.42 Å². The Morgan fingerprint density at radius 3 is 2.34 bits per heavy atom. The molecule has 9 heteroatoms. The summed E-state index contributed by atoms with van der Waals surface area (Å²) < 4.78 is 32.7. The normalized spacial score (nSPS) is 18.7. The maximum atomic E-state index is 13.0. The number of nitrogens with one attached hydrogen (secondary N) is 2. The van der Waals surface area contributed by atoms with Crippen LogP contribution in [0.5, 0.6) is 0 Å². The van der Waals surface area contributed by atoms with Crippen molar-refractivity contribution in [3.8, 4) is 0 Å². The highest BCUT2D eigenvalue weighted by molar-refractivity contribution is 7.89. The predicted octanol–water partition coefficient (Wildman–Crippen LogP) is 4.13. The zero-order chi connectivity index (χ0) is 25.0. The van der Waals surface area contributed by atoms with Crippen molar-refractivity contribution < 1.29 is 22.4 Å². The van der Waals surface area contributed by atoms with E-state index in [1.165, 1.54) is 30.5 Å². The Balaban J connectivity index is 1.36. The van der Waals surface area contributed by atoms with Crippen LogP contribution in [0.3, 0.4) is 0 Å². The Hall–Kier alpha value is -3.43. The zero-order valence-corrected chi connectivity index (χ0v) is 20.5. The number of benzene rings is 2. The van der Waals surface area contributed by atoms with E-state index < -0.39 is 10.0 Å². The molecule has 0 bridgehead atoms. The molecule has 2 heterocycles. The SMILES string of the molecule is CC1CC(C)CN(S(=O)(=O)c2ccc(C(=O)NCc3cccc(NC(=O)c4ccco4)c3)cc2)C1. The van der Waals surface area contributed by atoms with E-state index in [1.807, 2.05) is 6.07 Å². The molecule has 4 rings (SSSR count). The number of hydrogen-bond acceptors (Lipinski definition) is 5.